The molecule has 0 radical (unpaired) electrons. The number of sulfone groups is 1. The molecule has 0 bridgehead atoms. The van der Waals surface area contributed by atoms with Crippen LogP contribution in [0, 0.1) is 0 Å². The minimum Gasteiger partial charge on any atom is -0.493 e. The zero-order chi connectivity index (χ0) is 25.3. The highest BCUT2D eigenvalue weighted by Gasteiger charge is 2.27. The lowest BCUT2D eigenvalue weighted by atomic mass is 10.1. The second kappa shape index (κ2) is 9.75. The summed E-state index contributed by atoms with van der Waals surface area (Å²) in [5, 5.41) is 12.1. The topological polar surface area (TPSA) is 108 Å². The predicted octanol–water partition coefficient (Wildman–Crippen LogP) is 4.54. The van der Waals surface area contributed by atoms with Gasteiger partial charge in [0.1, 0.15) is 5.82 Å². The van der Waals surface area contributed by atoms with Gasteiger partial charge in [-0.2, -0.15) is 4.52 Å². The highest BCUT2D eigenvalue weighted by Crippen LogP contribution is 2.30. The summed E-state index contributed by atoms with van der Waals surface area (Å²) in [6, 6.07) is 19.7. The molecule has 0 aliphatic rings. The molecule has 0 saturated carbocycles. The highest BCUT2D eigenvalue weighted by atomic mass is 79.9. The molecule has 0 amide bonds. The van der Waals surface area contributed by atoms with E-state index in [1.165, 1.54) is 16.6 Å². The molecular weight excluding hydrogens is 546 g/mol. The van der Waals surface area contributed by atoms with Gasteiger partial charge in [0.15, 0.2) is 17.1 Å². The van der Waals surface area contributed by atoms with Crippen LogP contribution in [-0.4, -0.2) is 49.0 Å². The summed E-state index contributed by atoms with van der Waals surface area (Å²) in [5.74, 6) is 1.88. The molecule has 184 valence electrons. The molecular formula is C25H22BrN5O4S. The Morgan fingerprint density at radius 1 is 0.972 bits per heavy atom. The number of methoxy groups -OCH3 is 2. The first kappa shape index (κ1) is 24.0. The van der Waals surface area contributed by atoms with Gasteiger partial charge in [0.05, 0.1) is 24.6 Å². The normalized spacial score (nSPS) is 11.6. The van der Waals surface area contributed by atoms with Gasteiger partial charge in [-0.3, -0.25) is 0 Å². The van der Waals surface area contributed by atoms with Crippen molar-refractivity contribution in [2.24, 2.45) is 0 Å². The van der Waals surface area contributed by atoms with E-state index in [1.54, 1.807) is 26.4 Å². The van der Waals surface area contributed by atoms with E-state index < -0.39 is 9.84 Å². The number of benzene rings is 3. The second-order valence-corrected chi connectivity index (χ2v) is 10.7. The van der Waals surface area contributed by atoms with Crippen LogP contribution in [0.2, 0.25) is 0 Å². The Balaban J connectivity index is 1.51. The SMILES string of the molecule is COc1ccc(CCNc2nc3c(S(=O)(=O)c4ccc(Br)cc4)nnn3c3ccccc23)cc1OC. The molecule has 2 heterocycles. The van der Waals surface area contributed by atoms with Crippen molar-refractivity contribution in [3.8, 4) is 11.5 Å². The molecule has 0 spiro atoms. The number of para-hydroxylation sites is 1. The van der Waals surface area contributed by atoms with Crippen molar-refractivity contribution >= 4 is 48.1 Å². The van der Waals surface area contributed by atoms with Crippen LogP contribution in [-0.2, 0) is 16.3 Å². The molecule has 0 aliphatic carbocycles. The number of hydrogen-bond donors (Lipinski definition) is 1. The molecule has 0 aliphatic heterocycles. The van der Waals surface area contributed by atoms with Crippen LogP contribution in [0.1, 0.15) is 5.56 Å². The van der Waals surface area contributed by atoms with Gasteiger partial charge in [0, 0.05) is 16.4 Å². The molecule has 3 aromatic carbocycles. The quantitative estimate of drug-likeness (QED) is 0.291. The van der Waals surface area contributed by atoms with E-state index in [-0.39, 0.29) is 15.6 Å². The van der Waals surface area contributed by atoms with Crippen LogP contribution < -0.4 is 14.8 Å². The number of aromatic nitrogens is 4. The Labute approximate surface area is 216 Å². The molecule has 9 nitrogen and oxygen atoms in total. The van der Waals surface area contributed by atoms with Crippen molar-refractivity contribution in [3.63, 3.8) is 0 Å². The van der Waals surface area contributed by atoms with Crippen molar-refractivity contribution in [2.75, 3.05) is 26.1 Å². The molecule has 11 heteroatoms. The van der Waals surface area contributed by atoms with Crippen LogP contribution in [0.25, 0.3) is 16.6 Å². The number of rotatable bonds is 8. The maximum atomic E-state index is 13.4. The monoisotopic (exact) mass is 567 g/mol. The largest absolute Gasteiger partial charge is 0.493 e. The van der Waals surface area contributed by atoms with Crippen LogP contribution >= 0.6 is 15.9 Å². The zero-order valence-corrected chi connectivity index (χ0v) is 21.9. The van der Waals surface area contributed by atoms with Gasteiger partial charge in [-0.05, 0) is 60.5 Å². The summed E-state index contributed by atoms with van der Waals surface area (Å²) in [5.41, 5.74) is 1.90. The maximum absolute atomic E-state index is 13.4. The number of nitrogens with zero attached hydrogens (tertiary/aromatic N) is 4. The fourth-order valence-electron chi connectivity index (χ4n) is 3.94. The predicted molar refractivity (Wildman–Crippen MR) is 140 cm³/mol. The van der Waals surface area contributed by atoms with E-state index in [1.807, 2.05) is 42.5 Å². The summed E-state index contributed by atoms with van der Waals surface area (Å²) in [6.45, 7) is 0.555. The second-order valence-electron chi connectivity index (χ2n) is 7.93. The van der Waals surface area contributed by atoms with E-state index in [0.29, 0.717) is 35.8 Å². The molecule has 5 rings (SSSR count). The number of halogens is 1. The first-order valence-corrected chi connectivity index (χ1v) is 13.3. The molecule has 0 saturated heterocycles. The minimum absolute atomic E-state index is 0.117. The van der Waals surface area contributed by atoms with Crippen LogP contribution in [0.5, 0.6) is 11.5 Å². The number of fused-ring (bicyclic) bond motifs is 3. The molecule has 5 aromatic rings. The summed E-state index contributed by atoms with van der Waals surface area (Å²) in [7, 11) is -0.732. The average molecular weight is 568 g/mol. The van der Waals surface area contributed by atoms with Gasteiger partial charge in [0.2, 0.25) is 14.9 Å². The van der Waals surface area contributed by atoms with E-state index in [9.17, 15) is 8.42 Å². The lowest BCUT2D eigenvalue weighted by molar-refractivity contribution is 0.354. The van der Waals surface area contributed by atoms with Crippen LogP contribution in [0.3, 0.4) is 0 Å². The number of anilines is 1. The summed E-state index contributed by atoms with van der Waals surface area (Å²) < 4.78 is 39.7. The summed E-state index contributed by atoms with van der Waals surface area (Å²) in [4.78, 5) is 4.78. The Kier molecular flexibility index (Phi) is 6.50. The number of ether oxygens (including phenoxy) is 2. The van der Waals surface area contributed by atoms with Gasteiger partial charge in [0.25, 0.3) is 0 Å². The number of nitrogens with one attached hydrogen (secondary N) is 1. The van der Waals surface area contributed by atoms with Crippen molar-refractivity contribution in [2.45, 2.75) is 16.3 Å². The van der Waals surface area contributed by atoms with E-state index >= 15 is 0 Å². The van der Waals surface area contributed by atoms with Gasteiger partial charge < -0.3 is 14.8 Å². The standard InChI is InChI=1S/C25H22BrN5O4S/c1-34-21-12-7-16(15-22(21)35-2)13-14-27-23-19-5-3-4-6-20(19)31-24(28-23)25(29-30-31)36(32,33)18-10-8-17(26)9-11-18/h3-12,15H,13-14H2,1-2H3,(H,27,28). The minimum atomic E-state index is -3.93. The Bertz CT molecular complexity index is 1670. The smallest absolute Gasteiger partial charge is 0.229 e. The van der Waals surface area contributed by atoms with Gasteiger partial charge >= 0.3 is 0 Å². The third-order valence-corrected chi connectivity index (χ3v) is 7.95. The first-order valence-electron chi connectivity index (χ1n) is 11.0. The molecule has 36 heavy (non-hydrogen) atoms. The van der Waals surface area contributed by atoms with Crippen LogP contribution in [0.15, 0.2) is 81.1 Å². The summed E-state index contributed by atoms with van der Waals surface area (Å²) in [6.07, 6.45) is 0.684. The van der Waals surface area contributed by atoms with Crippen molar-refractivity contribution in [3.05, 3.63) is 76.8 Å². The maximum Gasteiger partial charge on any atom is 0.229 e. The molecule has 0 unspecified atom stereocenters. The Morgan fingerprint density at radius 2 is 1.72 bits per heavy atom. The third kappa shape index (κ3) is 4.35. The van der Waals surface area contributed by atoms with Gasteiger partial charge in [-0.25, -0.2) is 13.4 Å². The fourth-order valence-corrected chi connectivity index (χ4v) is 5.44. The van der Waals surface area contributed by atoms with Gasteiger partial charge in [-0.1, -0.05) is 39.3 Å². The van der Waals surface area contributed by atoms with Crippen LogP contribution in [0.4, 0.5) is 5.82 Å². The van der Waals surface area contributed by atoms with E-state index in [4.69, 9.17) is 9.47 Å². The van der Waals surface area contributed by atoms with Crippen molar-refractivity contribution in [1.29, 1.82) is 0 Å². The number of hydrogen-bond acceptors (Lipinski definition) is 8. The van der Waals surface area contributed by atoms with Gasteiger partial charge in [-0.15, -0.1) is 5.10 Å². The Hall–Kier alpha value is -3.70. The zero-order valence-electron chi connectivity index (χ0n) is 19.5. The van der Waals surface area contributed by atoms with Crippen molar-refractivity contribution in [1.82, 2.24) is 19.8 Å². The third-order valence-electron chi connectivity index (χ3n) is 5.75. The first-order chi connectivity index (χ1) is 17.4. The lowest BCUT2D eigenvalue weighted by Gasteiger charge is -2.12. The highest BCUT2D eigenvalue weighted by molar-refractivity contribution is 9.10. The molecule has 2 aromatic heterocycles. The molecule has 0 fully saturated rings. The molecule has 1 N–H and O–H groups in total. The lowest BCUT2D eigenvalue weighted by Crippen LogP contribution is -2.09. The Morgan fingerprint density at radius 3 is 2.47 bits per heavy atom. The summed E-state index contributed by atoms with van der Waals surface area (Å²) >= 11 is 3.33. The van der Waals surface area contributed by atoms with Crippen molar-refractivity contribution < 1.29 is 17.9 Å². The molecule has 0 atom stereocenters. The average Bonchev–Trinajstić information content (AvgIpc) is 3.34. The van der Waals surface area contributed by atoms with E-state index in [0.717, 1.165) is 15.4 Å². The van der Waals surface area contributed by atoms with E-state index in [2.05, 4.69) is 36.5 Å². The fraction of sp³-hybridized carbons (Fsp3) is 0.160.